The molecule has 0 spiro atoms. The molecule has 0 fully saturated rings. The molecule has 0 N–H and O–H groups in total. The number of hydrogen-bond donors (Lipinski definition) is 0. The lowest BCUT2D eigenvalue weighted by Gasteiger charge is -2.18. The Morgan fingerprint density at radius 2 is 2.04 bits per heavy atom. The van der Waals surface area contributed by atoms with Gasteiger partial charge in [-0.1, -0.05) is 17.7 Å². The van der Waals surface area contributed by atoms with Gasteiger partial charge in [-0.2, -0.15) is 0 Å². The predicted octanol–water partition coefficient (Wildman–Crippen LogP) is 4.40. The molecular formula is C20H19ClFNO3. The molecular weight excluding hydrogens is 357 g/mol. The van der Waals surface area contributed by atoms with E-state index in [2.05, 4.69) is 0 Å². The molecule has 0 aliphatic carbocycles. The molecule has 0 saturated heterocycles. The molecule has 0 radical (unpaired) electrons. The number of hydrogen-bond acceptors (Lipinski definition) is 4. The van der Waals surface area contributed by atoms with Crippen LogP contribution in [0.25, 0.3) is 11.0 Å². The molecule has 136 valence electrons. The van der Waals surface area contributed by atoms with Crippen LogP contribution in [0.1, 0.15) is 11.1 Å². The van der Waals surface area contributed by atoms with Crippen molar-refractivity contribution in [2.24, 2.45) is 0 Å². The Morgan fingerprint density at radius 1 is 1.23 bits per heavy atom. The van der Waals surface area contributed by atoms with E-state index >= 15 is 0 Å². The van der Waals surface area contributed by atoms with E-state index < -0.39 is 5.63 Å². The van der Waals surface area contributed by atoms with Crippen LogP contribution in [-0.4, -0.2) is 25.1 Å². The summed E-state index contributed by atoms with van der Waals surface area (Å²) in [6, 6.07) is 11.1. The van der Waals surface area contributed by atoms with Gasteiger partial charge in [0.1, 0.15) is 23.8 Å². The van der Waals surface area contributed by atoms with Crippen LogP contribution in [-0.2, 0) is 6.54 Å². The van der Waals surface area contributed by atoms with Crippen molar-refractivity contribution in [3.63, 3.8) is 0 Å². The Balaban J connectivity index is 1.70. The summed E-state index contributed by atoms with van der Waals surface area (Å²) >= 11 is 6.22. The number of fused-ring (bicyclic) bond motifs is 1. The fourth-order valence-corrected chi connectivity index (χ4v) is 2.89. The zero-order chi connectivity index (χ0) is 18.7. The summed E-state index contributed by atoms with van der Waals surface area (Å²) in [6.07, 6.45) is 0. The van der Waals surface area contributed by atoms with E-state index in [0.29, 0.717) is 36.1 Å². The van der Waals surface area contributed by atoms with Gasteiger partial charge >= 0.3 is 5.63 Å². The predicted molar refractivity (Wildman–Crippen MR) is 100 cm³/mol. The molecule has 0 atom stereocenters. The van der Waals surface area contributed by atoms with Gasteiger partial charge in [-0.05, 0) is 49.4 Å². The van der Waals surface area contributed by atoms with Gasteiger partial charge in [0.25, 0.3) is 0 Å². The Bertz CT molecular complexity index is 986. The zero-order valence-electron chi connectivity index (χ0n) is 14.6. The van der Waals surface area contributed by atoms with Gasteiger partial charge in [-0.3, -0.25) is 4.90 Å². The molecule has 0 aliphatic rings. The first-order valence-electron chi connectivity index (χ1n) is 8.22. The number of benzene rings is 2. The van der Waals surface area contributed by atoms with E-state index in [9.17, 15) is 9.18 Å². The van der Waals surface area contributed by atoms with Crippen molar-refractivity contribution < 1.29 is 13.5 Å². The maximum absolute atomic E-state index is 13.1. The third-order valence-electron chi connectivity index (χ3n) is 4.09. The first kappa shape index (κ1) is 18.4. The molecule has 0 bridgehead atoms. The van der Waals surface area contributed by atoms with Crippen molar-refractivity contribution in [3.05, 3.63) is 74.9 Å². The molecule has 0 saturated carbocycles. The van der Waals surface area contributed by atoms with Crippen molar-refractivity contribution in [1.29, 1.82) is 0 Å². The van der Waals surface area contributed by atoms with Crippen molar-refractivity contribution in [2.75, 3.05) is 20.2 Å². The molecule has 26 heavy (non-hydrogen) atoms. The molecule has 4 nitrogen and oxygen atoms in total. The van der Waals surface area contributed by atoms with Crippen LogP contribution < -0.4 is 10.4 Å². The van der Waals surface area contributed by atoms with E-state index in [-0.39, 0.29) is 5.82 Å². The van der Waals surface area contributed by atoms with Gasteiger partial charge in [0.2, 0.25) is 0 Å². The lowest BCUT2D eigenvalue weighted by atomic mass is 10.1. The summed E-state index contributed by atoms with van der Waals surface area (Å²) in [5, 5.41) is 1.45. The molecule has 1 heterocycles. The fraction of sp³-hybridized carbons (Fsp3) is 0.250. The quantitative estimate of drug-likeness (QED) is 0.599. The van der Waals surface area contributed by atoms with Crippen LogP contribution in [0.5, 0.6) is 5.75 Å². The highest BCUT2D eigenvalue weighted by atomic mass is 35.5. The third-order valence-corrected chi connectivity index (χ3v) is 4.49. The van der Waals surface area contributed by atoms with Gasteiger partial charge in [0.15, 0.2) is 0 Å². The van der Waals surface area contributed by atoms with E-state index in [1.807, 2.05) is 24.9 Å². The number of aryl methyl sites for hydroxylation is 1. The fourth-order valence-electron chi connectivity index (χ4n) is 2.73. The number of halogens is 2. The topological polar surface area (TPSA) is 42.7 Å². The number of ether oxygens (including phenoxy) is 1. The molecule has 3 rings (SSSR count). The van der Waals surface area contributed by atoms with Crippen molar-refractivity contribution in [2.45, 2.75) is 13.5 Å². The monoisotopic (exact) mass is 375 g/mol. The highest BCUT2D eigenvalue weighted by Crippen LogP contribution is 2.25. The summed E-state index contributed by atoms with van der Waals surface area (Å²) < 4.78 is 24.0. The van der Waals surface area contributed by atoms with E-state index in [4.69, 9.17) is 20.8 Å². The van der Waals surface area contributed by atoms with Crippen molar-refractivity contribution >= 4 is 22.6 Å². The Labute approximate surface area is 155 Å². The van der Waals surface area contributed by atoms with Crippen LogP contribution >= 0.6 is 11.6 Å². The SMILES string of the molecule is Cc1cc2oc(=O)cc(CN(C)CCOc3cccc(F)c3)c2cc1Cl. The zero-order valence-corrected chi connectivity index (χ0v) is 15.3. The average Bonchev–Trinajstić information content (AvgIpc) is 2.56. The molecule has 6 heteroatoms. The summed E-state index contributed by atoms with van der Waals surface area (Å²) in [6.45, 7) is 3.41. The van der Waals surface area contributed by atoms with Gasteiger partial charge in [-0.25, -0.2) is 9.18 Å². The highest BCUT2D eigenvalue weighted by Gasteiger charge is 2.10. The smallest absolute Gasteiger partial charge is 0.336 e. The number of rotatable bonds is 6. The Morgan fingerprint density at radius 3 is 2.81 bits per heavy atom. The maximum atomic E-state index is 13.1. The van der Waals surface area contributed by atoms with Crippen molar-refractivity contribution in [3.8, 4) is 5.75 Å². The first-order valence-corrected chi connectivity index (χ1v) is 8.60. The van der Waals surface area contributed by atoms with Crippen LogP contribution in [0.15, 0.2) is 51.7 Å². The highest BCUT2D eigenvalue weighted by molar-refractivity contribution is 6.32. The Kier molecular flexibility index (Phi) is 5.59. The maximum Gasteiger partial charge on any atom is 0.336 e. The summed E-state index contributed by atoms with van der Waals surface area (Å²) in [4.78, 5) is 13.8. The average molecular weight is 376 g/mol. The normalized spacial score (nSPS) is 11.3. The minimum atomic E-state index is -0.390. The van der Waals surface area contributed by atoms with E-state index in [0.717, 1.165) is 16.5 Å². The third kappa shape index (κ3) is 4.42. The van der Waals surface area contributed by atoms with Crippen molar-refractivity contribution in [1.82, 2.24) is 4.90 Å². The number of likely N-dealkylation sites (N-methyl/N-ethyl adjacent to an activating group) is 1. The summed E-state index contributed by atoms with van der Waals surface area (Å²) in [5.74, 6) is 0.164. The van der Waals surface area contributed by atoms with Crippen LogP contribution in [0.3, 0.4) is 0 Å². The van der Waals surface area contributed by atoms with Gasteiger partial charge in [0.05, 0.1) is 0 Å². The summed E-state index contributed by atoms with van der Waals surface area (Å²) in [5.41, 5.74) is 1.83. The first-order chi connectivity index (χ1) is 12.4. The summed E-state index contributed by atoms with van der Waals surface area (Å²) in [7, 11) is 1.92. The van der Waals surface area contributed by atoms with Crippen LogP contribution in [0.4, 0.5) is 4.39 Å². The Hall–Kier alpha value is -2.37. The second kappa shape index (κ2) is 7.89. The largest absolute Gasteiger partial charge is 0.492 e. The molecule has 1 aromatic heterocycles. The van der Waals surface area contributed by atoms with E-state index in [1.54, 1.807) is 18.2 Å². The lowest BCUT2D eigenvalue weighted by Crippen LogP contribution is -2.24. The minimum Gasteiger partial charge on any atom is -0.492 e. The second-order valence-electron chi connectivity index (χ2n) is 6.23. The van der Waals surface area contributed by atoms with Crippen LogP contribution in [0.2, 0.25) is 5.02 Å². The lowest BCUT2D eigenvalue weighted by molar-refractivity contribution is 0.232. The molecule has 0 amide bonds. The number of nitrogens with zero attached hydrogens (tertiary/aromatic N) is 1. The van der Waals surface area contributed by atoms with Gasteiger partial charge in [0, 0.05) is 35.6 Å². The molecule has 2 aromatic carbocycles. The van der Waals surface area contributed by atoms with Gasteiger partial charge < -0.3 is 9.15 Å². The molecule has 0 unspecified atom stereocenters. The van der Waals surface area contributed by atoms with Gasteiger partial charge in [-0.15, -0.1) is 0 Å². The van der Waals surface area contributed by atoms with E-state index in [1.165, 1.54) is 18.2 Å². The second-order valence-corrected chi connectivity index (χ2v) is 6.64. The van der Waals surface area contributed by atoms with Crippen LogP contribution in [0, 0.1) is 12.7 Å². The minimum absolute atomic E-state index is 0.328. The molecule has 0 aliphatic heterocycles. The molecule has 3 aromatic rings. The standard InChI is InChI=1S/C20H19ClFNO3/c1-13-8-19-17(11-18(13)21)14(9-20(24)26-19)12-23(2)6-7-25-16-5-3-4-15(22)10-16/h3-5,8-11H,6-7,12H2,1-2H3.